The van der Waals surface area contributed by atoms with Gasteiger partial charge in [0.1, 0.15) is 5.03 Å². The molecule has 1 aromatic carbocycles. The molecule has 0 fully saturated rings. The van der Waals surface area contributed by atoms with Gasteiger partial charge in [-0.1, -0.05) is 0 Å². The average molecular weight is 408 g/mol. The largest absolute Gasteiger partial charge is 0.461 e. The molecule has 3 heterocycles. The molecule has 0 atom stereocenters. The number of carbonyl (C=O) groups is 3. The minimum Gasteiger partial charge on any atom is -0.461 e. The molecular weight excluding hydrogens is 392 g/mol. The van der Waals surface area contributed by atoms with Gasteiger partial charge in [-0.3, -0.25) is 19.3 Å². The molecule has 0 spiro atoms. The van der Waals surface area contributed by atoms with Crippen LogP contribution in [0.15, 0.2) is 46.0 Å². The SMILES string of the molecule is CSc1nc(-c2ccco2)nc(C)c1C(=O)Nc1ccc2c(c1)C(=O)N(C)C2=O. The van der Waals surface area contributed by atoms with Crippen molar-refractivity contribution in [1.82, 2.24) is 14.9 Å². The third-order valence-electron chi connectivity index (χ3n) is 4.57. The molecule has 4 rings (SSSR count). The first-order chi connectivity index (χ1) is 13.9. The molecule has 2 aromatic heterocycles. The molecule has 29 heavy (non-hydrogen) atoms. The smallest absolute Gasteiger partial charge is 0.261 e. The van der Waals surface area contributed by atoms with Crippen molar-refractivity contribution in [2.75, 3.05) is 18.6 Å². The summed E-state index contributed by atoms with van der Waals surface area (Å²) in [6, 6.07) is 8.12. The highest BCUT2D eigenvalue weighted by atomic mass is 32.2. The van der Waals surface area contributed by atoms with Gasteiger partial charge in [0.05, 0.1) is 28.6 Å². The van der Waals surface area contributed by atoms with E-state index in [1.807, 2.05) is 6.26 Å². The highest BCUT2D eigenvalue weighted by Gasteiger charge is 2.33. The Balaban J connectivity index is 1.66. The summed E-state index contributed by atoms with van der Waals surface area (Å²) in [6.45, 7) is 1.72. The minimum atomic E-state index is -0.400. The van der Waals surface area contributed by atoms with Gasteiger partial charge in [0, 0.05) is 12.7 Å². The van der Waals surface area contributed by atoms with Crippen molar-refractivity contribution in [1.29, 1.82) is 0 Å². The summed E-state index contributed by atoms with van der Waals surface area (Å²) < 4.78 is 5.34. The molecule has 1 aliphatic heterocycles. The molecule has 3 aromatic rings. The van der Waals surface area contributed by atoms with Crippen LogP contribution in [-0.2, 0) is 0 Å². The maximum Gasteiger partial charge on any atom is 0.261 e. The van der Waals surface area contributed by atoms with Gasteiger partial charge in [-0.05, 0) is 43.5 Å². The molecule has 0 unspecified atom stereocenters. The number of nitrogens with one attached hydrogen (secondary N) is 1. The lowest BCUT2D eigenvalue weighted by atomic mass is 10.1. The second kappa shape index (κ2) is 7.17. The van der Waals surface area contributed by atoms with Crippen molar-refractivity contribution in [3.05, 3.63) is 59.0 Å². The number of amides is 3. The van der Waals surface area contributed by atoms with Crippen LogP contribution in [0.2, 0.25) is 0 Å². The van der Waals surface area contributed by atoms with Crippen LogP contribution in [0.5, 0.6) is 0 Å². The predicted octanol–water partition coefficient (Wildman–Crippen LogP) is 3.25. The fourth-order valence-corrected chi connectivity index (χ4v) is 3.73. The second-order valence-electron chi connectivity index (χ2n) is 6.38. The second-order valence-corrected chi connectivity index (χ2v) is 7.17. The Labute approximate surface area is 170 Å². The summed E-state index contributed by atoms with van der Waals surface area (Å²) in [7, 11) is 1.43. The van der Waals surface area contributed by atoms with E-state index in [1.165, 1.54) is 37.2 Å². The maximum absolute atomic E-state index is 12.9. The number of aromatic nitrogens is 2. The monoisotopic (exact) mass is 408 g/mol. The van der Waals surface area contributed by atoms with E-state index >= 15 is 0 Å². The number of aryl methyl sites for hydroxylation is 1. The van der Waals surface area contributed by atoms with Crippen molar-refractivity contribution >= 4 is 35.2 Å². The summed E-state index contributed by atoms with van der Waals surface area (Å²) >= 11 is 1.32. The Morgan fingerprint density at radius 1 is 1.14 bits per heavy atom. The van der Waals surface area contributed by atoms with Crippen molar-refractivity contribution in [2.45, 2.75) is 11.9 Å². The summed E-state index contributed by atoms with van der Waals surface area (Å²) in [6.07, 6.45) is 3.35. The quantitative estimate of drug-likeness (QED) is 0.401. The van der Waals surface area contributed by atoms with Gasteiger partial charge < -0.3 is 9.73 Å². The van der Waals surface area contributed by atoms with E-state index in [2.05, 4.69) is 15.3 Å². The van der Waals surface area contributed by atoms with E-state index in [-0.39, 0.29) is 11.5 Å². The van der Waals surface area contributed by atoms with Crippen LogP contribution in [0.25, 0.3) is 11.6 Å². The number of anilines is 1. The Bertz CT molecular complexity index is 1160. The van der Waals surface area contributed by atoms with Gasteiger partial charge >= 0.3 is 0 Å². The topological polar surface area (TPSA) is 105 Å². The van der Waals surface area contributed by atoms with Crippen LogP contribution in [0, 0.1) is 6.92 Å². The fourth-order valence-electron chi connectivity index (χ4n) is 3.10. The van der Waals surface area contributed by atoms with E-state index in [0.717, 1.165) is 4.90 Å². The Morgan fingerprint density at radius 3 is 2.59 bits per heavy atom. The number of fused-ring (bicyclic) bond motifs is 1. The molecule has 0 bridgehead atoms. The first kappa shape index (κ1) is 18.9. The molecule has 0 radical (unpaired) electrons. The molecule has 0 saturated heterocycles. The van der Waals surface area contributed by atoms with Gasteiger partial charge in [0.2, 0.25) is 0 Å². The molecule has 0 saturated carbocycles. The number of nitrogens with zero attached hydrogens (tertiary/aromatic N) is 3. The molecule has 1 N–H and O–H groups in total. The predicted molar refractivity (Wildman–Crippen MR) is 107 cm³/mol. The molecule has 0 aliphatic carbocycles. The summed E-state index contributed by atoms with van der Waals surface area (Å²) in [4.78, 5) is 47.0. The number of rotatable bonds is 4. The summed E-state index contributed by atoms with van der Waals surface area (Å²) in [5.41, 5.74) is 1.84. The maximum atomic E-state index is 12.9. The number of benzene rings is 1. The van der Waals surface area contributed by atoms with Crippen LogP contribution in [0.3, 0.4) is 0 Å². The first-order valence-electron chi connectivity index (χ1n) is 8.65. The lowest BCUT2D eigenvalue weighted by Crippen LogP contribution is -2.24. The highest BCUT2D eigenvalue weighted by molar-refractivity contribution is 7.98. The van der Waals surface area contributed by atoms with E-state index in [1.54, 1.807) is 25.1 Å². The van der Waals surface area contributed by atoms with Crippen LogP contribution in [-0.4, -0.2) is 45.9 Å². The molecule has 1 aliphatic rings. The van der Waals surface area contributed by atoms with Crippen molar-refractivity contribution in [3.8, 4) is 11.6 Å². The zero-order valence-electron chi connectivity index (χ0n) is 15.8. The van der Waals surface area contributed by atoms with Gasteiger partial charge in [0.15, 0.2) is 11.6 Å². The van der Waals surface area contributed by atoms with Gasteiger partial charge in [-0.15, -0.1) is 11.8 Å². The lowest BCUT2D eigenvalue weighted by molar-refractivity contribution is 0.0692. The normalized spacial score (nSPS) is 13.0. The molecule has 8 nitrogen and oxygen atoms in total. The zero-order valence-corrected chi connectivity index (χ0v) is 16.7. The van der Waals surface area contributed by atoms with Gasteiger partial charge in [-0.25, -0.2) is 9.97 Å². The van der Waals surface area contributed by atoms with E-state index < -0.39 is 11.8 Å². The van der Waals surface area contributed by atoms with Gasteiger partial charge in [0.25, 0.3) is 17.7 Å². The van der Waals surface area contributed by atoms with E-state index in [4.69, 9.17) is 4.42 Å². The Kier molecular flexibility index (Phi) is 4.67. The van der Waals surface area contributed by atoms with Gasteiger partial charge in [-0.2, -0.15) is 0 Å². The third kappa shape index (κ3) is 3.19. The first-order valence-corrected chi connectivity index (χ1v) is 9.87. The zero-order chi connectivity index (χ0) is 20.7. The number of hydrogen-bond donors (Lipinski definition) is 1. The number of hydrogen-bond acceptors (Lipinski definition) is 7. The Morgan fingerprint density at radius 2 is 1.90 bits per heavy atom. The highest BCUT2D eigenvalue weighted by Crippen LogP contribution is 2.28. The molecule has 3 amide bonds. The van der Waals surface area contributed by atoms with Crippen LogP contribution in [0.1, 0.15) is 36.8 Å². The number of furan rings is 1. The fraction of sp³-hybridized carbons (Fsp3) is 0.150. The third-order valence-corrected chi connectivity index (χ3v) is 5.25. The Hall–Kier alpha value is -3.46. The average Bonchev–Trinajstić information content (AvgIpc) is 3.32. The molecule has 9 heteroatoms. The molecule has 146 valence electrons. The standard InChI is InChI=1S/C20H16N4O4S/c1-10-15(18(29-3)23-16(21-10)14-5-4-8-28-14)17(25)22-11-6-7-12-13(9-11)20(27)24(2)19(12)26/h4-9H,1-3H3,(H,22,25). The number of thioether (sulfide) groups is 1. The summed E-state index contributed by atoms with van der Waals surface area (Å²) in [5.74, 6) is -0.235. The van der Waals surface area contributed by atoms with Crippen molar-refractivity contribution < 1.29 is 18.8 Å². The van der Waals surface area contributed by atoms with Crippen LogP contribution < -0.4 is 5.32 Å². The van der Waals surface area contributed by atoms with Crippen LogP contribution >= 0.6 is 11.8 Å². The van der Waals surface area contributed by atoms with Crippen molar-refractivity contribution in [3.63, 3.8) is 0 Å². The van der Waals surface area contributed by atoms with Crippen LogP contribution in [0.4, 0.5) is 5.69 Å². The lowest BCUT2D eigenvalue weighted by Gasteiger charge is -2.12. The van der Waals surface area contributed by atoms with E-state index in [9.17, 15) is 14.4 Å². The van der Waals surface area contributed by atoms with Crippen molar-refractivity contribution in [2.24, 2.45) is 0 Å². The molecular formula is C20H16N4O4S. The minimum absolute atomic E-state index is 0.265. The number of imide groups is 1. The number of carbonyl (C=O) groups excluding carboxylic acids is 3. The van der Waals surface area contributed by atoms with E-state index in [0.29, 0.717) is 39.1 Å². The summed E-state index contributed by atoms with van der Waals surface area (Å²) in [5, 5.41) is 3.28.